The highest BCUT2D eigenvalue weighted by Crippen LogP contribution is 2.31. The molecular formula is C21H21FN2OS. The molecule has 2 aromatic rings. The molecule has 1 aliphatic carbocycles. The molecule has 0 fully saturated rings. The van der Waals surface area contributed by atoms with Crippen LogP contribution in [-0.4, -0.2) is 17.7 Å². The second-order valence-electron chi connectivity index (χ2n) is 6.42. The number of nitrogens with zero attached hydrogens (tertiary/aromatic N) is 2. The van der Waals surface area contributed by atoms with Gasteiger partial charge in [0.1, 0.15) is 5.82 Å². The molecule has 0 aromatic heterocycles. The minimum atomic E-state index is -0.345. The number of amides is 1. The highest BCUT2D eigenvalue weighted by molar-refractivity contribution is 8.00. The lowest BCUT2D eigenvalue weighted by atomic mass is 10.1. The standard InChI is InChI=1S/C21H21FN2OS/c1-15(26-20-11-6-16-4-2-5-17(16)14-20)21(25)24(13-3-12-23)19-9-7-18(22)8-10-19/h6-11,14-15H,2-5,13H2,1H3. The molecule has 3 rings (SSSR count). The number of hydrogen-bond donors (Lipinski definition) is 0. The van der Waals surface area contributed by atoms with Crippen LogP contribution in [0.4, 0.5) is 10.1 Å². The van der Waals surface area contributed by atoms with Crippen molar-refractivity contribution in [1.29, 1.82) is 5.26 Å². The van der Waals surface area contributed by atoms with E-state index >= 15 is 0 Å². The van der Waals surface area contributed by atoms with Gasteiger partial charge >= 0.3 is 0 Å². The summed E-state index contributed by atoms with van der Waals surface area (Å²) < 4.78 is 13.2. The van der Waals surface area contributed by atoms with E-state index < -0.39 is 0 Å². The number of anilines is 1. The van der Waals surface area contributed by atoms with Crippen LogP contribution in [0.15, 0.2) is 47.4 Å². The summed E-state index contributed by atoms with van der Waals surface area (Å²) in [6.07, 6.45) is 3.68. The number of fused-ring (bicyclic) bond motifs is 1. The normalized spacial score (nSPS) is 13.7. The van der Waals surface area contributed by atoms with Crippen molar-refractivity contribution in [3.05, 3.63) is 59.4 Å². The summed E-state index contributed by atoms with van der Waals surface area (Å²) in [6, 6.07) is 14.3. The van der Waals surface area contributed by atoms with Gasteiger partial charge in [-0.3, -0.25) is 4.79 Å². The van der Waals surface area contributed by atoms with Gasteiger partial charge in [0.2, 0.25) is 5.91 Å². The maximum absolute atomic E-state index is 13.2. The van der Waals surface area contributed by atoms with E-state index in [1.54, 1.807) is 17.0 Å². The van der Waals surface area contributed by atoms with Crippen molar-refractivity contribution in [2.75, 3.05) is 11.4 Å². The minimum absolute atomic E-state index is 0.0719. The van der Waals surface area contributed by atoms with Crippen LogP contribution in [0.25, 0.3) is 0 Å². The summed E-state index contributed by atoms with van der Waals surface area (Å²) in [5.74, 6) is -0.417. The predicted octanol–water partition coefficient (Wildman–Crippen LogP) is 4.74. The molecule has 3 nitrogen and oxygen atoms in total. The zero-order chi connectivity index (χ0) is 18.5. The number of carbonyl (C=O) groups is 1. The zero-order valence-electron chi connectivity index (χ0n) is 14.7. The molecule has 0 heterocycles. The number of hydrogen-bond acceptors (Lipinski definition) is 3. The predicted molar refractivity (Wildman–Crippen MR) is 103 cm³/mol. The molecule has 0 radical (unpaired) electrons. The van der Waals surface area contributed by atoms with Crippen molar-refractivity contribution in [2.45, 2.75) is 42.8 Å². The van der Waals surface area contributed by atoms with Crippen molar-refractivity contribution < 1.29 is 9.18 Å². The molecule has 2 aromatic carbocycles. The fraction of sp³-hybridized carbons (Fsp3) is 0.333. The van der Waals surface area contributed by atoms with Crippen LogP contribution in [-0.2, 0) is 17.6 Å². The molecule has 5 heteroatoms. The topological polar surface area (TPSA) is 44.1 Å². The van der Waals surface area contributed by atoms with Gasteiger partial charge in [-0.05, 0) is 73.7 Å². The summed E-state index contributed by atoms with van der Waals surface area (Å²) >= 11 is 1.53. The van der Waals surface area contributed by atoms with Crippen LogP contribution in [0.3, 0.4) is 0 Å². The Bertz CT molecular complexity index is 829. The third kappa shape index (κ3) is 4.25. The smallest absolute Gasteiger partial charge is 0.240 e. The molecule has 0 N–H and O–H groups in total. The van der Waals surface area contributed by atoms with Crippen LogP contribution in [0.1, 0.15) is 30.9 Å². The van der Waals surface area contributed by atoms with E-state index in [2.05, 4.69) is 24.3 Å². The molecule has 0 aliphatic heterocycles. The second kappa shape index (κ2) is 8.37. The van der Waals surface area contributed by atoms with Crippen LogP contribution >= 0.6 is 11.8 Å². The van der Waals surface area contributed by atoms with E-state index in [1.807, 2.05) is 6.92 Å². The fourth-order valence-corrected chi connectivity index (χ4v) is 4.24. The van der Waals surface area contributed by atoms with E-state index in [1.165, 1.54) is 41.4 Å². The highest BCUT2D eigenvalue weighted by Gasteiger charge is 2.23. The first kappa shape index (κ1) is 18.5. The van der Waals surface area contributed by atoms with Gasteiger partial charge < -0.3 is 4.90 Å². The largest absolute Gasteiger partial charge is 0.310 e. The van der Waals surface area contributed by atoms with Crippen LogP contribution in [0.5, 0.6) is 0 Å². The number of benzene rings is 2. The van der Waals surface area contributed by atoms with Crippen LogP contribution in [0, 0.1) is 17.1 Å². The van der Waals surface area contributed by atoms with Gasteiger partial charge in [-0.15, -0.1) is 11.8 Å². The lowest BCUT2D eigenvalue weighted by Crippen LogP contribution is -2.37. The average molecular weight is 368 g/mol. The first-order chi connectivity index (χ1) is 12.6. The lowest BCUT2D eigenvalue weighted by molar-refractivity contribution is -0.117. The van der Waals surface area contributed by atoms with Gasteiger partial charge in [-0.1, -0.05) is 6.07 Å². The molecule has 134 valence electrons. The Hall–Kier alpha value is -2.32. The molecule has 0 saturated carbocycles. The Kier molecular flexibility index (Phi) is 5.95. The Balaban J connectivity index is 1.75. The highest BCUT2D eigenvalue weighted by atomic mass is 32.2. The van der Waals surface area contributed by atoms with E-state index in [4.69, 9.17) is 5.26 Å². The second-order valence-corrected chi connectivity index (χ2v) is 7.83. The van der Waals surface area contributed by atoms with Gasteiger partial charge in [0.15, 0.2) is 0 Å². The molecule has 1 amide bonds. The van der Waals surface area contributed by atoms with Crippen molar-refractivity contribution in [3.63, 3.8) is 0 Å². The van der Waals surface area contributed by atoms with Gasteiger partial charge in [0.05, 0.1) is 17.7 Å². The van der Waals surface area contributed by atoms with Crippen molar-refractivity contribution in [2.24, 2.45) is 0 Å². The van der Waals surface area contributed by atoms with Gasteiger partial charge in [0.25, 0.3) is 0 Å². The maximum atomic E-state index is 13.2. The monoisotopic (exact) mass is 368 g/mol. The minimum Gasteiger partial charge on any atom is -0.310 e. The fourth-order valence-electron chi connectivity index (χ4n) is 3.24. The number of thioether (sulfide) groups is 1. The Morgan fingerprint density at radius 1 is 1.23 bits per heavy atom. The average Bonchev–Trinajstić information content (AvgIpc) is 3.11. The summed E-state index contributed by atoms with van der Waals surface area (Å²) in [5.41, 5.74) is 3.41. The Labute approximate surface area is 157 Å². The van der Waals surface area contributed by atoms with Crippen molar-refractivity contribution in [3.8, 4) is 6.07 Å². The molecule has 0 spiro atoms. The number of rotatable bonds is 6. The molecule has 0 saturated heterocycles. The number of carbonyl (C=O) groups excluding carboxylic acids is 1. The van der Waals surface area contributed by atoms with E-state index in [-0.39, 0.29) is 23.4 Å². The molecule has 1 unspecified atom stereocenters. The number of halogens is 1. The third-order valence-electron chi connectivity index (χ3n) is 4.58. The van der Waals surface area contributed by atoms with E-state index in [9.17, 15) is 9.18 Å². The molecule has 26 heavy (non-hydrogen) atoms. The molecule has 0 bridgehead atoms. The Morgan fingerprint density at radius 2 is 1.96 bits per heavy atom. The molecule has 1 atom stereocenters. The summed E-state index contributed by atoms with van der Waals surface area (Å²) in [7, 11) is 0. The van der Waals surface area contributed by atoms with Crippen LogP contribution in [0.2, 0.25) is 0 Å². The first-order valence-electron chi connectivity index (χ1n) is 8.81. The number of nitriles is 1. The van der Waals surface area contributed by atoms with Gasteiger partial charge in [-0.2, -0.15) is 5.26 Å². The Morgan fingerprint density at radius 3 is 2.69 bits per heavy atom. The van der Waals surface area contributed by atoms with E-state index in [0.29, 0.717) is 12.2 Å². The van der Waals surface area contributed by atoms with Crippen molar-refractivity contribution >= 4 is 23.4 Å². The SMILES string of the molecule is CC(Sc1ccc2c(c1)CCC2)C(=O)N(CCC#N)c1ccc(F)cc1. The quantitative estimate of drug-likeness (QED) is 0.692. The van der Waals surface area contributed by atoms with Crippen molar-refractivity contribution in [1.82, 2.24) is 0 Å². The first-order valence-corrected chi connectivity index (χ1v) is 9.69. The number of aryl methyl sites for hydroxylation is 2. The van der Waals surface area contributed by atoms with Gasteiger partial charge in [-0.25, -0.2) is 4.39 Å². The van der Waals surface area contributed by atoms with Gasteiger partial charge in [0, 0.05) is 17.1 Å². The summed E-state index contributed by atoms with van der Waals surface area (Å²) in [5, 5.41) is 8.60. The molecule has 1 aliphatic rings. The van der Waals surface area contributed by atoms with Crippen LogP contribution < -0.4 is 4.90 Å². The third-order valence-corrected chi connectivity index (χ3v) is 5.66. The summed E-state index contributed by atoms with van der Waals surface area (Å²) in [4.78, 5) is 15.6. The molecular weight excluding hydrogens is 347 g/mol. The lowest BCUT2D eigenvalue weighted by Gasteiger charge is -2.25. The maximum Gasteiger partial charge on any atom is 0.240 e. The van der Waals surface area contributed by atoms with E-state index in [0.717, 1.165) is 17.7 Å². The zero-order valence-corrected chi connectivity index (χ0v) is 15.6. The summed E-state index contributed by atoms with van der Waals surface area (Å²) in [6.45, 7) is 2.18.